The van der Waals surface area contributed by atoms with Gasteiger partial charge in [-0.25, -0.2) is 4.39 Å². The normalized spacial score (nSPS) is 14.6. The second kappa shape index (κ2) is 9.27. The van der Waals surface area contributed by atoms with Crippen LogP contribution in [0.1, 0.15) is 34.3 Å². The summed E-state index contributed by atoms with van der Waals surface area (Å²) in [5.41, 5.74) is 2.27. The largest absolute Gasteiger partial charge is 0.484 e. The summed E-state index contributed by atoms with van der Waals surface area (Å²) in [5, 5.41) is 3.66. The Labute approximate surface area is 174 Å². The molecule has 5 nitrogen and oxygen atoms in total. The van der Waals surface area contributed by atoms with Gasteiger partial charge in [0, 0.05) is 29.7 Å². The van der Waals surface area contributed by atoms with Gasteiger partial charge in [0.05, 0.1) is 0 Å². The van der Waals surface area contributed by atoms with Gasteiger partial charge in [0.15, 0.2) is 6.61 Å². The molecule has 2 amide bonds. The second-order valence-corrected chi connectivity index (χ2v) is 7.68. The van der Waals surface area contributed by atoms with Gasteiger partial charge >= 0.3 is 0 Å². The molecule has 1 saturated heterocycles. The molecular weight excluding hydrogens is 395 g/mol. The lowest BCUT2D eigenvalue weighted by atomic mass is 10.0. The number of halogens is 2. The first-order chi connectivity index (χ1) is 13.8. The monoisotopic (exact) mass is 418 g/mol. The van der Waals surface area contributed by atoms with Gasteiger partial charge in [0.25, 0.3) is 11.8 Å². The van der Waals surface area contributed by atoms with E-state index in [2.05, 4.69) is 5.32 Å². The van der Waals surface area contributed by atoms with Crippen molar-refractivity contribution in [3.05, 3.63) is 63.9 Å². The van der Waals surface area contributed by atoms with E-state index in [1.807, 2.05) is 26.0 Å². The molecule has 1 aliphatic heterocycles. The lowest BCUT2D eigenvalue weighted by Crippen LogP contribution is -2.47. The zero-order valence-corrected chi connectivity index (χ0v) is 17.3. The summed E-state index contributed by atoms with van der Waals surface area (Å²) >= 11 is 6.14. The van der Waals surface area contributed by atoms with Gasteiger partial charge in [-0.3, -0.25) is 9.59 Å². The van der Waals surface area contributed by atoms with Crippen LogP contribution in [0, 0.1) is 19.7 Å². The van der Waals surface area contributed by atoms with Gasteiger partial charge in [-0.05, 0) is 74.2 Å². The summed E-state index contributed by atoms with van der Waals surface area (Å²) < 4.78 is 18.6. The molecule has 7 heteroatoms. The van der Waals surface area contributed by atoms with E-state index in [4.69, 9.17) is 16.3 Å². The van der Waals surface area contributed by atoms with Crippen LogP contribution in [0.15, 0.2) is 36.4 Å². The van der Waals surface area contributed by atoms with E-state index in [1.165, 1.54) is 24.3 Å². The van der Waals surface area contributed by atoms with Gasteiger partial charge in [0.2, 0.25) is 0 Å². The predicted molar refractivity (Wildman–Crippen MR) is 110 cm³/mol. The molecule has 0 aliphatic carbocycles. The summed E-state index contributed by atoms with van der Waals surface area (Å²) in [6.45, 7) is 4.79. The molecule has 1 N–H and O–H groups in total. The van der Waals surface area contributed by atoms with Crippen LogP contribution in [0.2, 0.25) is 5.02 Å². The van der Waals surface area contributed by atoms with Crippen molar-refractivity contribution in [1.82, 2.24) is 10.2 Å². The van der Waals surface area contributed by atoms with Crippen molar-refractivity contribution in [3.8, 4) is 5.75 Å². The Hall–Kier alpha value is -2.60. The van der Waals surface area contributed by atoms with Crippen LogP contribution in [0.3, 0.4) is 0 Å². The van der Waals surface area contributed by atoms with Gasteiger partial charge < -0.3 is 15.0 Å². The number of rotatable bonds is 5. The number of hydrogen-bond acceptors (Lipinski definition) is 3. The summed E-state index contributed by atoms with van der Waals surface area (Å²) in [7, 11) is 0. The average Bonchev–Trinajstić information content (AvgIpc) is 2.71. The van der Waals surface area contributed by atoms with Crippen molar-refractivity contribution >= 4 is 23.4 Å². The molecule has 0 bridgehead atoms. The molecule has 154 valence electrons. The molecule has 3 rings (SSSR count). The quantitative estimate of drug-likeness (QED) is 0.801. The number of piperidine rings is 1. The molecule has 1 fully saturated rings. The van der Waals surface area contributed by atoms with E-state index in [-0.39, 0.29) is 30.3 Å². The minimum Gasteiger partial charge on any atom is -0.484 e. The highest BCUT2D eigenvalue weighted by Gasteiger charge is 2.24. The molecule has 0 saturated carbocycles. The number of nitrogens with zero attached hydrogens (tertiary/aromatic N) is 1. The van der Waals surface area contributed by atoms with Crippen LogP contribution in [0.5, 0.6) is 5.75 Å². The fourth-order valence-corrected chi connectivity index (χ4v) is 3.52. The third-order valence-corrected chi connectivity index (χ3v) is 5.61. The highest BCUT2D eigenvalue weighted by molar-refractivity contribution is 6.32. The highest BCUT2D eigenvalue weighted by atomic mass is 35.5. The minimum atomic E-state index is -0.367. The van der Waals surface area contributed by atoms with Crippen molar-refractivity contribution in [3.63, 3.8) is 0 Å². The van der Waals surface area contributed by atoms with Crippen LogP contribution in [-0.4, -0.2) is 42.5 Å². The molecule has 0 unspecified atom stereocenters. The Bertz CT molecular complexity index is 870. The third kappa shape index (κ3) is 5.48. The third-order valence-electron chi connectivity index (χ3n) is 5.02. The molecule has 1 aliphatic rings. The molecule has 1 heterocycles. The number of ether oxygens (including phenoxy) is 1. The van der Waals surface area contributed by atoms with Crippen molar-refractivity contribution in [2.45, 2.75) is 32.7 Å². The Morgan fingerprint density at radius 3 is 2.31 bits per heavy atom. The Morgan fingerprint density at radius 2 is 1.72 bits per heavy atom. The van der Waals surface area contributed by atoms with Crippen molar-refractivity contribution in [2.75, 3.05) is 19.7 Å². The van der Waals surface area contributed by atoms with Gasteiger partial charge in [-0.15, -0.1) is 0 Å². The van der Waals surface area contributed by atoms with E-state index in [9.17, 15) is 14.0 Å². The molecule has 0 atom stereocenters. The summed E-state index contributed by atoms with van der Waals surface area (Å²) in [5.74, 6) is -0.0708. The van der Waals surface area contributed by atoms with Crippen LogP contribution >= 0.6 is 11.6 Å². The van der Waals surface area contributed by atoms with E-state index >= 15 is 0 Å². The fourth-order valence-electron chi connectivity index (χ4n) is 3.41. The number of amides is 2. The van der Waals surface area contributed by atoms with Gasteiger partial charge in [-0.2, -0.15) is 0 Å². The first-order valence-electron chi connectivity index (χ1n) is 9.57. The Morgan fingerprint density at radius 1 is 1.14 bits per heavy atom. The van der Waals surface area contributed by atoms with Crippen LogP contribution in [0.25, 0.3) is 0 Å². The highest BCUT2D eigenvalue weighted by Crippen LogP contribution is 2.25. The standard InChI is InChI=1S/C22H24ClFN2O3/c1-14-11-19(12-15(2)21(14)23)29-13-20(27)25-18-7-9-26(10-8-18)22(28)16-3-5-17(24)6-4-16/h3-6,11-12,18H,7-10,13H2,1-2H3,(H,25,27). The minimum absolute atomic E-state index is 0.00272. The molecule has 0 spiro atoms. The Kier molecular flexibility index (Phi) is 6.75. The number of aryl methyl sites for hydroxylation is 2. The lowest BCUT2D eigenvalue weighted by molar-refractivity contribution is -0.124. The molecule has 0 aromatic heterocycles. The maximum Gasteiger partial charge on any atom is 0.258 e. The summed E-state index contributed by atoms with van der Waals surface area (Å²) in [6, 6.07) is 9.15. The summed E-state index contributed by atoms with van der Waals surface area (Å²) in [4.78, 5) is 26.4. The number of hydrogen-bond donors (Lipinski definition) is 1. The first kappa shape index (κ1) is 21.1. The number of likely N-dealkylation sites (tertiary alicyclic amines) is 1. The predicted octanol–water partition coefficient (Wildman–Crippen LogP) is 3.90. The molecule has 2 aromatic rings. The number of nitrogens with one attached hydrogen (secondary N) is 1. The van der Waals surface area contributed by atoms with Crippen molar-refractivity contribution in [2.24, 2.45) is 0 Å². The first-order valence-corrected chi connectivity index (χ1v) is 9.95. The zero-order chi connectivity index (χ0) is 21.0. The average molecular weight is 419 g/mol. The lowest BCUT2D eigenvalue weighted by Gasteiger charge is -2.32. The SMILES string of the molecule is Cc1cc(OCC(=O)NC2CCN(C(=O)c3ccc(F)cc3)CC2)cc(C)c1Cl. The number of carbonyl (C=O) groups is 2. The molecular formula is C22H24ClFN2O3. The molecule has 2 aromatic carbocycles. The van der Waals surface area contributed by atoms with Crippen LogP contribution in [-0.2, 0) is 4.79 Å². The topological polar surface area (TPSA) is 58.6 Å². The van der Waals surface area contributed by atoms with E-state index in [0.717, 1.165) is 11.1 Å². The maximum absolute atomic E-state index is 13.0. The molecule has 29 heavy (non-hydrogen) atoms. The van der Waals surface area contributed by atoms with E-state index < -0.39 is 0 Å². The zero-order valence-electron chi connectivity index (χ0n) is 16.5. The van der Waals surface area contributed by atoms with Gasteiger partial charge in [-0.1, -0.05) is 11.6 Å². The summed E-state index contributed by atoms with van der Waals surface area (Å²) in [6.07, 6.45) is 1.33. The smallest absolute Gasteiger partial charge is 0.258 e. The second-order valence-electron chi connectivity index (χ2n) is 7.30. The maximum atomic E-state index is 13.0. The van der Waals surface area contributed by atoms with Crippen molar-refractivity contribution < 1.29 is 18.7 Å². The van der Waals surface area contributed by atoms with E-state index in [1.54, 1.807) is 4.90 Å². The van der Waals surface area contributed by atoms with E-state index in [0.29, 0.717) is 42.3 Å². The van der Waals surface area contributed by atoms with Crippen LogP contribution in [0.4, 0.5) is 4.39 Å². The fraction of sp³-hybridized carbons (Fsp3) is 0.364. The molecule has 0 radical (unpaired) electrons. The van der Waals surface area contributed by atoms with Crippen LogP contribution < -0.4 is 10.1 Å². The van der Waals surface area contributed by atoms with Gasteiger partial charge in [0.1, 0.15) is 11.6 Å². The number of carbonyl (C=O) groups excluding carboxylic acids is 2. The van der Waals surface area contributed by atoms with Crippen molar-refractivity contribution in [1.29, 1.82) is 0 Å². The Balaban J connectivity index is 1.45. The number of benzene rings is 2.